The molecule has 8 rings (SSSR count). The van der Waals surface area contributed by atoms with Gasteiger partial charge in [0.05, 0.1) is 6.20 Å². The standard InChI is InChI=1S/C34H40N6O3/c41-28-16-27(20-35-21-28)29-4-2-1-3-26(29)5-8-32(42)40-11-9-39(10-12-40)31-7-6-30(37-38-31)33(43)36-22-34-17-23-13-24(18-34)15-25(14-23)19-34/h1-4,6-7,16,20-21,23-25,41H,5,8-15,17-19,22H2,(H,36,43). The number of hydrogen-bond acceptors (Lipinski definition) is 7. The first-order valence-electron chi connectivity index (χ1n) is 15.8. The van der Waals surface area contributed by atoms with Gasteiger partial charge in [-0.25, -0.2) is 0 Å². The van der Waals surface area contributed by atoms with Crippen molar-refractivity contribution in [2.75, 3.05) is 37.6 Å². The first kappa shape index (κ1) is 27.8. The average molecular weight is 581 g/mol. The Bertz CT molecular complexity index is 1450. The van der Waals surface area contributed by atoms with Gasteiger partial charge in [-0.1, -0.05) is 24.3 Å². The summed E-state index contributed by atoms with van der Waals surface area (Å²) in [7, 11) is 0. The van der Waals surface area contributed by atoms with E-state index in [0.29, 0.717) is 50.1 Å². The van der Waals surface area contributed by atoms with E-state index in [1.807, 2.05) is 35.2 Å². The summed E-state index contributed by atoms with van der Waals surface area (Å²) in [5.41, 5.74) is 3.53. The van der Waals surface area contributed by atoms with Gasteiger partial charge in [0.2, 0.25) is 5.91 Å². The predicted molar refractivity (Wildman–Crippen MR) is 163 cm³/mol. The summed E-state index contributed by atoms with van der Waals surface area (Å²) in [5, 5.41) is 21.7. The van der Waals surface area contributed by atoms with Crippen LogP contribution in [0, 0.1) is 23.2 Å². The van der Waals surface area contributed by atoms with Gasteiger partial charge in [-0.2, -0.15) is 0 Å². The molecule has 5 aliphatic rings. The third-order valence-electron chi connectivity index (χ3n) is 10.3. The average Bonchev–Trinajstić information content (AvgIpc) is 3.02. The number of aromatic hydroxyl groups is 1. The molecule has 9 heteroatoms. The van der Waals surface area contributed by atoms with E-state index >= 15 is 0 Å². The first-order chi connectivity index (χ1) is 20.9. The summed E-state index contributed by atoms with van der Waals surface area (Å²) in [6.45, 7) is 3.33. The van der Waals surface area contributed by atoms with Crippen LogP contribution in [-0.2, 0) is 11.2 Å². The fraction of sp³-hybridized carbons (Fsp3) is 0.500. The van der Waals surface area contributed by atoms with Crippen LogP contribution in [0.4, 0.5) is 5.82 Å². The lowest BCUT2D eigenvalue weighted by Gasteiger charge is -2.56. The SMILES string of the molecule is O=C(NCC12CC3CC(CC(C3)C1)C2)c1ccc(N2CCN(C(=O)CCc3ccccc3-c3cncc(O)c3)CC2)nn1. The number of pyridine rings is 1. The Morgan fingerprint density at radius 1 is 0.907 bits per heavy atom. The molecule has 5 fully saturated rings. The second-order valence-corrected chi connectivity index (χ2v) is 13.3. The second-order valence-electron chi connectivity index (χ2n) is 13.3. The lowest BCUT2D eigenvalue weighted by molar-refractivity contribution is -0.131. The van der Waals surface area contributed by atoms with Crippen molar-refractivity contribution in [2.24, 2.45) is 23.2 Å². The van der Waals surface area contributed by atoms with Crippen LogP contribution in [0.25, 0.3) is 11.1 Å². The van der Waals surface area contributed by atoms with Crippen molar-refractivity contribution in [1.29, 1.82) is 0 Å². The van der Waals surface area contributed by atoms with Crippen LogP contribution in [0.15, 0.2) is 54.9 Å². The van der Waals surface area contributed by atoms with Crippen molar-refractivity contribution in [3.63, 3.8) is 0 Å². The van der Waals surface area contributed by atoms with Gasteiger partial charge in [0, 0.05) is 50.9 Å². The fourth-order valence-electron chi connectivity index (χ4n) is 8.66. The lowest BCUT2D eigenvalue weighted by Crippen LogP contribution is -2.51. The molecule has 2 aromatic heterocycles. The number of nitrogens with one attached hydrogen (secondary N) is 1. The molecular weight excluding hydrogens is 540 g/mol. The van der Waals surface area contributed by atoms with Gasteiger partial charge in [-0.05, 0) is 97.4 Å². The summed E-state index contributed by atoms with van der Waals surface area (Å²) in [6.07, 6.45) is 12.2. The molecule has 3 heterocycles. The maximum Gasteiger partial charge on any atom is 0.271 e. The number of aromatic nitrogens is 3. The normalized spacial score (nSPS) is 26.0. The van der Waals surface area contributed by atoms with Crippen molar-refractivity contribution in [1.82, 2.24) is 25.4 Å². The molecule has 0 atom stereocenters. The van der Waals surface area contributed by atoms with Crippen molar-refractivity contribution < 1.29 is 14.7 Å². The summed E-state index contributed by atoms with van der Waals surface area (Å²) in [4.78, 5) is 34.1. The number of nitrogens with zero attached hydrogens (tertiary/aromatic N) is 5. The summed E-state index contributed by atoms with van der Waals surface area (Å²) >= 11 is 0. The molecule has 1 aliphatic heterocycles. The number of benzene rings is 1. The number of amides is 2. The number of anilines is 1. The molecule has 1 aromatic carbocycles. The maximum absolute atomic E-state index is 13.1. The van der Waals surface area contributed by atoms with Crippen LogP contribution in [-0.4, -0.2) is 69.7 Å². The van der Waals surface area contributed by atoms with E-state index in [1.165, 1.54) is 44.7 Å². The largest absolute Gasteiger partial charge is 0.506 e. The third kappa shape index (κ3) is 5.94. The van der Waals surface area contributed by atoms with E-state index in [2.05, 4.69) is 25.4 Å². The van der Waals surface area contributed by atoms with Crippen LogP contribution in [0.5, 0.6) is 5.75 Å². The highest BCUT2D eigenvalue weighted by molar-refractivity contribution is 5.92. The van der Waals surface area contributed by atoms with Crippen LogP contribution < -0.4 is 10.2 Å². The summed E-state index contributed by atoms with van der Waals surface area (Å²) < 4.78 is 0. The smallest absolute Gasteiger partial charge is 0.271 e. The Kier molecular flexibility index (Phi) is 7.49. The Labute approximate surface area is 252 Å². The number of rotatable bonds is 8. The van der Waals surface area contributed by atoms with E-state index in [4.69, 9.17) is 0 Å². The van der Waals surface area contributed by atoms with Gasteiger partial charge in [0.1, 0.15) is 5.75 Å². The Balaban J connectivity index is 0.890. The molecule has 224 valence electrons. The molecule has 0 radical (unpaired) electrons. The summed E-state index contributed by atoms with van der Waals surface area (Å²) in [6, 6.07) is 13.3. The minimum atomic E-state index is -0.132. The van der Waals surface area contributed by atoms with Crippen LogP contribution in [0.1, 0.15) is 61.0 Å². The Morgan fingerprint density at radius 2 is 1.63 bits per heavy atom. The molecular formula is C34H40N6O3. The van der Waals surface area contributed by atoms with Crippen molar-refractivity contribution in [2.45, 2.75) is 51.4 Å². The van der Waals surface area contributed by atoms with E-state index in [9.17, 15) is 14.7 Å². The van der Waals surface area contributed by atoms with Crippen molar-refractivity contribution >= 4 is 17.6 Å². The van der Waals surface area contributed by atoms with Crippen LogP contribution in [0.2, 0.25) is 0 Å². The van der Waals surface area contributed by atoms with E-state index < -0.39 is 0 Å². The number of piperazine rings is 1. The molecule has 0 unspecified atom stereocenters. The van der Waals surface area contributed by atoms with E-state index in [-0.39, 0.29) is 17.6 Å². The van der Waals surface area contributed by atoms with Crippen molar-refractivity contribution in [3.05, 3.63) is 66.1 Å². The van der Waals surface area contributed by atoms with Crippen molar-refractivity contribution in [3.8, 4) is 16.9 Å². The van der Waals surface area contributed by atoms with Gasteiger partial charge >= 0.3 is 0 Å². The van der Waals surface area contributed by atoms with Gasteiger partial charge in [0.25, 0.3) is 5.91 Å². The van der Waals surface area contributed by atoms with Gasteiger partial charge < -0.3 is 20.2 Å². The van der Waals surface area contributed by atoms with E-state index in [1.54, 1.807) is 18.3 Å². The van der Waals surface area contributed by atoms with E-state index in [0.717, 1.165) is 46.8 Å². The molecule has 4 aliphatic carbocycles. The topological polar surface area (TPSA) is 112 Å². The number of hydrogen-bond donors (Lipinski definition) is 2. The molecule has 2 N–H and O–H groups in total. The van der Waals surface area contributed by atoms with Gasteiger partial charge in [-0.15, -0.1) is 10.2 Å². The lowest BCUT2D eigenvalue weighted by atomic mass is 9.49. The molecule has 4 saturated carbocycles. The fourth-order valence-corrected chi connectivity index (χ4v) is 8.66. The maximum atomic E-state index is 13.1. The quantitative estimate of drug-likeness (QED) is 0.404. The van der Waals surface area contributed by atoms with Crippen LogP contribution in [0.3, 0.4) is 0 Å². The predicted octanol–water partition coefficient (Wildman–Crippen LogP) is 4.47. The Hall–Kier alpha value is -4.01. The minimum Gasteiger partial charge on any atom is -0.506 e. The molecule has 0 spiro atoms. The Morgan fingerprint density at radius 3 is 2.30 bits per heavy atom. The number of carbonyl (C=O) groups is 2. The zero-order valence-electron chi connectivity index (χ0n) is 24.6. The molecule has 9 nitrogen and oxygen atoms in total. The zero-order valence-corrected chi connectivity index (χ0v) is 24.6. The van der Waals surface area contributed by atoms with Gasteiger partial charge in [-0.3, -0.25) is 14.6 Å². The number of carbonyl (C=O) groups excluding carboxylic acids is 2. The first-order valence-corrected chi connectivity index (χ1v) is 15.8. The summed E-state index contributed by atoms with van der Waals surface area (Å²) in [5.74, 6) is 3.44. The molecule has 1 saturated heterocycles. The molecule has 43 heavy (non-hydrogen) atoms. The molecule has 2 amide bonds. The highest BCUT2D eigenvalue weighted by Crippen LogP contribution is 2.59. The number of aryl methyl sites for hydroxylation is 1. The van der Waals surface area contributed by atoms with Gasteiger partial charge in [0.15, 0.2) is 11.5 Å². The molecule has 4 bridgehead atoms. The second kappa shape index (κ2) is 11.6. The third-order valence-corrected chi connectivity index (χ3v) is 10.3. The monoisotopic (exact) mass is 580 g/mol. The van der Waals surface area contributed by atoms with Crippen LogP contribution >= 0.6 is 0 Å². The zero-order chi connectivity index (χ0) is 29.4. The highest BCUT2D eigenvalue weighted by atomic mass is 16.3. The molecule has 3 aromatic rings. The highest BCUT2D eigenvalue weighted by Gasteiger charge is 2.50. The minimum absolute atomic E-state index is 0.122.